The first kappa shape index (κ1) is 11.5. The maximum atomic E-state index is 11.6. The zero-order valence-electron chi connectivity index (χ0n) is 8.75. The van der Waals surface area contributed by atoms with Gasteiger partial charge in [-0.3, -0.25) is 4.79 Å². The standard InChI is InChI=1S/C10H15BrN2O/c1-7(2)10(3,6-12)13-5-8(11)4-9(13)14/h7-8H,4-5H2,1-3H3. The highest BCUT2D eigenvalue weighted by molar-refractivity contribution is 9.09. The highest BCUT2D eigenvalue weighted by Gasteiger charge is 2.43. The summed E-state index contributed by atoms with van der Waals surface area (Å²) in [7, 11) is 0. The van der Waals surface area contributed by atoms with Crippen LogP contribution in [-0.4, -0.2) is 27.7 Å². The number of rotatable bonds is 2. The van der Waals surface area contributed by atoms with Crippen LogP contribution in [0.25, 0.3) is 0 Å². The molecule has 0 saturated carbocycles. The summed E-state index contributed by atoms with van der Waals surface area (Å²) in [6.07, 6.45) is 0.504. The average molecular weight is 259 g/mol. The van der Waals surface area contributed by atoms with E-state index >= 15 is 0 Å². The van der Waals surface area contributed by atoms with Crippen LogP contribution in [0, 0.1) is 17.2 Å². The Bertz CT molecular complexity index is 284. The van der Waals surface area contributed by atoms with Crippen molar-refractivity contribution in [3.8, 4) is 6.07 Å². The fourth-order valence-corrected chi connectivity index (χ4v) is 2.18. The first-order valence-corrected chi connectivity index (χ1v) is 5.69. The normalized spacial score (nSPS) is 26.4. The number of carbonyl (C=O) groups is 1. The smallest absolute Gasteiger partial charge is 0.225 e. The highest BCUT2D eigenvalue weighted by Crippen LogP contribution is 2.30. The van der Waals surface area contributed by atoms with E-state index in [9.17, 15) is 4.79 Å². The number of halogens is 1. The number of nitriles is 1. The maximum Gasteiger partial charge on any atom is 0.225 e. The molecule has 0 aliphatic carbocycles. The molecule has 4 heteroatoms. The molecule has 2 unspecified atom stereocenters. The van der Waals surface area contributed by atoms with Crippen molar-refractivity contribution in [1.29, 1.82) is 5.26 Å². The molecule has 0 radical (unpaired) electrons. The molecule has 2 atom stereocenters. The van der Waals surface area contributed by atoms with Crippen LogP contribution in [0.5, 0.6) is 0 Å². The Balaban J connectivity index is 2.92. The van der Waals surface area contributed by atoms with Gasteiger partial charge in [-0.25, -0.2) is 0 Å². The molecule has 1 aliphatic heterocycles. The molecule has 0 N–H and O–H groups in total. The summed E-state index contributed by atoms with van der Waals surface area (Å²) < 4.78 is 0. The van der Waals surface area contributed by atoms with Crippen molar-refractivity contribution in [3.63, 3.8) is 0 Å². The molecule has 14 heavy (non-hydrogen) atoms. The molecule has 0 aromatic rings. The predicted octanol–water partition coefficient (Wildman–Crippen LogP) is 1.92. The second kappa shape index (κ2) is 3.90. The largest absolute Gasteiger partial charge is 0.323 e. The number of carbonyl (C=O) groups excluding carboxylic acids is 1. The van der Waals surface area contributed by atoms with E-state index in [1.165, 1.54) is 0 Å². The van der Waals surface area contributed by atoms with Crippen molar-refractivity contribution >= 4 is 21.8 Å². The second-order valence-electron chi connectivity index (χ2n) is 4.22. The van der Waals surface area contributed by atoms with Crippen LogP contribution in [0.1, 0.15) is 27.2 Å². The fourth-order valence-electron chi connectivity index (χ4n) is 1.61. The molecule has 78 valence electrons. The Kier molecular flexibility index (Phi) is 3.20. The molecule has 0 aromatic heterocycles. The minimum Gasteiger partial charge on any atom is -0.323 e. The van der Waals surface area contributed by atoms with Gasteiger partial charge in [0.2, 0.25) is 5.91 Å². The number of amides is 1. The molecule has 3 nitrogen and oxygen atoms in total. The fraction of sp³-hybridized carbons (Fsp3) is 0.800. The van der Waals surface area contributed by atoms with E-state index in [0.717, 1.165) is 0 Å². The van der Waals surface area contributed by atoms with Crippen molar-refractivity contribution in [2.45, 2.75) is 37.6 Å². The summed E-state index contributed by atoms with van der Waals surface area (Å²) >= 11 is 3.42. The summed E-state index contributed by atoms with van der Waals surface area (Å²) in [6.45, 7) is 6.41. The third-order valence-electron chi connectivity index (χ3n) is 2.99. The zero-order chi connectivity index (χ0) is 10.9. The predicted molar refractivity (Wildman–Crippen MR) is 57.9 cm³/mol. The summed E-state index contributed by atoms with van der Waals surface area (Å²) in [5.74, 6) is 0.221. The number of hydrogen-bond donors (Lipinski definition) is 0. The van der Waals surface area contributed by atoms with Gasteiger partial charge in [0.25, 0.3) is 0 Å². The third-order valence-corrected chi connectivity index (χ3v) is 3.60. The van der Waals surface area contributed by atoms with Gasteiger partial charge in [-0.15, -0.1) is 0 Å². The van der Waals surface area contributed by atoms with Crippen molar-refractivity contribution < 1.29 is 4.79 Å². The number of nitrogens with zero attached hydrogens (tertiary/aromatic N) is 2. The minimum absolute atomic E-state index is 0.0737. The highest BCUT2D eigenvalue weighted by atomic mass is 79.9. The van der Waals surface area contributed by atoms with E-state index < -0.39 is 5.54 Å². The van der Waals surface area contributed by atoms with Crippen LogP contribution in [0.2, 0.25) is 0 Å². The number of likely N-dealkylation sites (tertiary alicyclic amines) is 1. The quantitative estimate of drug-likeness (QED) is 0.711. The van der Waals surface area contributed by atoms with Crippen molar-refractivity contribution in [2.75, 3.05) is 6.54 Å². The van der Waals surface area contributed by atoms with Crippen molar-refractivity contribution in [1.82, 2.24) is 4.90 Å². The first-order chi connectivity index (χ1) is 6.41. The van der Waals surface area contributed by atoms with E-state index in [4.69, 9.17) is 5.26 Å². The van der Waals surface area contributed by atoms with Crippen LogP contribution >= 0.6 is 15.9 Å². The summed E-state index contributed by atoms with van der Waals surface area (Å²) in [6, 6.07) is 2.26. The van der Waals surface area contributed by atoms with Gasteiger partial charge in [0.05, 0.1) is 6.07 Å². The van der Waals surface area contributed by atoms with Gasteiger partial charge in [0.1, 0.15) is 5.54 Å². The Morgan fingerprint density at radius 1 is 1.71 bits per heavy atom. The van der Waals surface area contributed by atoms with E-state index in [1.807, 2.05) is 20.8 Å². The van der Waals surface area contributed by atoms with Gasteiger partial charge in [-0.05, 0) is 12.8 Å². The molecular weight excluding hydrogens is 244 g/mol. The van der Waals surface area contributed by atoms with Crippen molar-refractivity contribution in [2.24, 2.45) is 5.92 Å². The Morgan fingerprint density at radius 2 is 2.29 bits per heavy atom. The van der Waals surface area contributed by atoms with Gasteiger partial charge < -0.3 is 4.90 Å². The lowest BCUT2D eigenvalue weighted by atomic mass is 9.88. The maximum absolute atomic E-state index is 11.6. The minimum atomic E-state index is -0.667. The lowest BCUT2D eigenvalue weighted by Crippen LogP contribution is -2.50. The Labute approximate surface area is 93.2 Å². The van der Waals surface area contributed by atoms with Gasteiger partial charge >= 0.3 is 0 Å². The van der Waals surface area contributed by atoms with Crippen LogP contribution in [0.4, 0.5) is 0 Å². The van der Waals surface area contributed by atoms with E-state index in [1.54, 1.807) is 4.90 Å². The Hall–Kier alpha value is -0.560. The molecule has 1 aliphatic rings. The van der Waals surface area contributed by atoms with Crippen LogP contribution < -0.4 is 0 Å². The monoisotopic (exact) mass is 258 g/mol. The molecule has 1 rings (SSSR count). The van der Waals surface area contributed by atoms with Crippen LogP contribution in [0.15, 0.2) is 0 Å². The SMILES string of the molecule is CC(C)C(C)(C#N)N1CC(Br)CC1=O. The van der Waals surface area contributed by atoms with Gasteiger partial charge in [-0.2, -0.15) is 5.26 Å². The second-order valence-corrected chi connectivity index (χ2v) is 5.51. The first-order valence-electron chi connectivity index (χ1n) is 4.77. The van der Waals surface area contributed by atoms with Gasteiger partial charge in [-0.1, -0.05) is 29.8 Å². The van der Waals surface area contributed by atoms with E-state index in [2.05, 4.69) is 22.0 Å². The topological polar surface area (TPSA) is 44.1 Å². The molecule has 1 heterocycles. The summed E-state index contributed by atoms with van der Waals surface area (Å²) in [5, 5.41) is 9.16. The van der Waals surface area contributed by atoms with Crippen LogP contribution in [-0.2, 0) is 4.79 Å². The molecule has 1 fully saturated rings. The van der Waals surface area contributed by atoms with Crippen molar-refractivity contribution in [3.05, 3.63) is 0 Å². The van der Waals surface area contributed by atoms with E-state index in [0.29, 0.717) is 13.0 Å². The molecule has 0 bridgehead atoms. The number of alkyl halides is 1. The molecule has 1 amide bonds. The lowest BCUT2D eigenvalue weighted by Gasteiger charge is -2.36. The summed E-state index contributed by atoms with van der Waals surface area (Å²) in [5.41, 5.74) is -0.667. The molecule has 0 aromatic carbocycles. The average Bonchev–Trinajstić information content (AvgIpc) is 2.44. The third kappa shape index (κ3) is 1.78. The zero-order valence-corrected chi connectivity index (χ0v) is 10.3. The molecule has 0 spiro atoms. The number of hydrogen-bond acceptors (Lipinski definition) is 2. The molecular formula is C10H15BrN2O. The van der Waals surface area contributed by atoms with Crippen LogP contribution in [0.3, 0.4) is 0 Å². The summed E-state index contributed by atoms with van der Waals surface area (Å²) in [4.78, 5) is 13.5. The Morgan fingerprint density at radius 3 is 2.57 bits per heavy atom. The van der Waals surface area contributed by atoms with E-state index in [-0.39, 0.29) is 16.7 Å². The van der Waals surface area contributed by atoms with Gasteiger partial charge in [0, 0.05) is 17.8 Å². The van der Waals surface area contributed by atoms with Gasteiger partial charge in [0.15, 0.2) is 0 Å². The molecule has 1 saturated heterocycles. The lowest BCUT2D eigenvalue weighted by molar-refractivity contribution is -0.132.